The van der Waals surface area contributed by atoms with Crippen molar-refractivity contribution in [2.24, 2.45) is 0 Å². The molecule has 0 saturated heterocycles. The summed E-state index contributed by atoms with van der Waals surface area (Å²) in [7, 11) is 0. The molecule has 0 atom stereocenters. The quantitative estimate of drug-likeness (QED) is 0.656. The molecule has 0 bridgehead atoms. The fourth-order valence-electron chi connectivity index (χ4n) is 1.99. The molecule has 1 aliphatic carbocycles. The standard InChI is InChI=1S/C11H16N2/c1-7(2)11-8(3)12-9-5-4-6-10(9)13-11/h7H,4-6H2,1-3H3. The number of hydrogen-bond donors (Lipinski definition) is 0. The first-order valence-corrected chi connectivity index (χ1v) is 5.04. The predicted octanol–water partition coefficient (Wildman–Crippen LogP) is 2.40. The fraction of sp³-hybridized carbons (Fsp3) is 0.636. The molecular weight excluding hydrogens is 160 g/mol. The summed E-state index contributed by atoms with van der Waals surface area (Å²) >= 11 is 0. The molecular formula is C11H16N2. The average molecular weight is 176 g/mol. The average Bonchev–Trinajstić information content (AvgIpc) is 2.48. The Morgan fingerprint density at radius 2 is 1.69 bits per heavy atom. The molecule has 1 heterocycles. The molecule has 2 heteroatoms. The third-order valence-electron chi connectivity index (χ3n) is 2.64. The van der Waals surface area contributed by atoms with Gasteiger partial charge in [0.2, 0.25) is 0 Å². The van der Waals surface area contributed by atoms with Crippen molar-refractivity contribution in [2.75, 3.05) is 0 Å². The van der Waals surface area contributed by atoms with Crippen LogP contribution >= 0.6 is 0 Å². The predicted molar refractivity (Wildman–Crippen MR) is 52.9 cm³/mol. The Morgan fingerprint density at radius 1 is 1.08 bits per heavy atom. The van der Waals surface area contributed by atoms with Gasteiger partial charge in [-0.2, -0.15) is 0 Å². The van der Waals surface area contributed by atoms with E-state index in [1.54, 1.807) is 0 Å². The van der Waals surface area contributed by atoms with Gasteiger partial charge in [0.05, 0.1) is 22.8 Å². The highest BCUT2D eigenvalue weighted by atomic mass is 14.9. The van der Waals surface area contributed by atoms with Gasteiger partial charge in [0.15, 0.2) is 0 Å². The lowest BCUT2D eigenvalue weighted by Crippen LogP contribution is -2.04. The maximum atomic E-state index is 4.69. The number of rotatable bonds is 1. The molecule has 0 amide bonds. The van der Waals surface area contributed by atoms with Crippen LogP contribution < -0.4 is 0 Å². The molecule has 13 heavy (non-hydrogen) atoms. The van der Waals surface area contributed by atoms with Crippen LogP contribution in [0, 0.1) is 6.92 Å². The first-order chi connectivity index (χ1) is 6.18. The van der Waals surface area contributed by atoms with Crippen molar-refractivity contribution < 1.29 is 0 Å². The topological polar surface area (TPSA) is 25.8 Å². The van der Waals surface area contributed by atoms with Crippen LogP contribution in [0.5, 0.6) is 0 Å². The van der Waals surface area contributed by atoms with Gasteiger partial charge in [0.1, 0.15) is 0 Å². The van der Waals surface area contributed by atoms with Crippen LogP contribution in [-0.4, -0.2) is 9.97 Å². The van der Waals surface area contributed by atoms with E-state index in [-0.39, 0.29) is 0 Å². The summed E-state index contributed by atoms with van der Waals surface area (Å²) in [6.45, 7) is 6.43. The van der Waals surface area contributed by atoms with Crippen molar-refractivity contribution in [2.45, 2.75) is 46.0 Å². The van der Waals surface area contributed by atoms with Crippen molar-refractivity contribution in [1.29, 1.82) is 0 Å². The summed E-state index contributed by atoms with van der Waals surface area (Å²) in [5, 5.41) is 0. The van der Waals surface area contributed by atoms with Crippen LogP contribution in [0.3, 0.4) is 0 Å². The highest BCUT2D eigenvalue weighted by molar-refractivity contribution is 5.24. The van der Waals surface area contributed by atoms with Crippen LogP contribution in [0.25, 0.3) is 0 Å². The number of fused-ring (bicyclic) bond motifs is 1. The molecule has 0 aromatic carbocycles. The first kappa shape index (κ1) is 8.67. The van der Waals surface area contributed by atoms with E-state index in [1.807, 2.05) is 0 Å². The molecule has 0 saturated carbocycles. The van der Waals surface area contributed by atoms with Gasteiger partial charge in [0.25, 0.3) is 0 Å². The minimum Gasteiger partial charge on any atom is -0.254 e. The summed E-state index contributed by atoms with van der Waals surface area (Å²) in [5.74, 6) is 0.499. The van der Waals surface area contributed by atoms with E-state index in [0.717, 1.165) is 18.5 Å². The zero-order chi connectivity index (χ0) is 9.42. The van der Waals surface area contributed by atoms with Gasteiger partial charge in [-0.1, -0.05) is 13.8 Å². The highest BCUT2D eigenvalue weighted by Gasteiger charge is 2.17. The Kier molecular flexibility index (Phi) is 2.06. The molecule has 0 unspecified atom stereocenters. The SMILES string of the molecule is Cc1nc2c(nc1C(C)C)CCC2. The molecule has 1 aromatic rings. The second-order valence-corrected chi connectivity index (χ2v) is 4.10. The Morgan fingerprint density at radius 3 is 2.31 bits per heavy atom. The van der Waals surface area contributed by atoms with Gasteiger partial charge in [-0.15, -0.1) is 0 Å². The monoisotopic (exact) mass is 176 g/mol. The lowest BCUT2D eigenvalue weighted by Gasteiger charge is -2.09. The van der Waals surface area contributed by atoms with Gasteiger partial charge in [-0.25, -0.2) is 0 Å². The zero-order valence-corrected chi connectivity index (χ0v) is 8.59. The Balaban J connectivity index is 2.49. The lowest BCUT2D eigenvalue weighted by molar-refractivity contribution is 0.778. The minimum atomic E-state index is 0.499. The number of nitrogens with zero attached hydrogens (tertiary/aromatic N) is 2. The third-order valence-corrected chi connectivity index (χ3v) is 2.64. The van der Waals surface area contributed by atoms with E-state index in [0.29, 0.717) is 5.92 Å². The normalized spacial score (nSPS) is 15.1. The fourth-order valence-corrected chi connectivity index (χ4v) is 1.99. The van der Waals surface area contributed by atoms with E-state index in [2.05, 4.69) is 30.7 Å². The second kappa shape index (κ2) is 3.09. The zero-order valence-electron chi connectivity index (χ0n) is 8.59. The Hall–Kier alpha value is -0.920. The van der Waals surface area contributed by atoms with Crippen molar-refractivity contribution in [3.8, 4) is 0 Å². The minimum absolute atomic E-state index is 0.499. The van der Waals surface area contributed by atoms with Gasteiger partial charge < -0.3 is 0 Å². The Bertz CT molecular complexity index is 329. The van der Waals surface area contributed by atoms with Crippen LogP contribution in [-0.2, 0) is 12.8 Å². The smallest absolute Gasteiger partial charge is 0.0644 e. The van der Waals surface area contributed by atoms with E-state index in [9.17, 15) is 0 Å². The molecule has 2 rings (SSSR count). The van der Waals surface area contributed by atoms with Crippen LogP contribution in [0.15, 0.2) is 0 Å². The number of aryl methyl sites for hydroxylation is 3. The van der Waals surface area contributed by atoms with Crippen molar-refractivity contribution in [3.05, 3.63) is 22.8 Å². The van der Waals surface area contributed by atoms with E-state index in [4.69, 9.17) is 0 Å². The first-order valence-electron chi connectivity index (χ1n) is 5.04. The molecule has 1 aliphatic rings. The molecule has 0 aliphatic heterocycles. The Labute approximate surface area is 79.4 Å². The summed E-state index contributed by atoms with van der Waals surface area (Å²) in [6.07, 6.45) is 3.49. The summed E-state index contributed by atoms with van der Waals surface area (Å²) < 4.78 is 0. The van der Waals surface area contributed by atoms with Crippen LogP contribution in [0.4, 0.5) is 0 Å². The summed E-state index contributed by atoms with van der Waals surface area (Å²) in [6, 6.07) is 0. The molecule has 2 nitrogen and oxygen atoms in total. The van der Waals surface area contributed by atoms with Crippen LogP contribution in [0.1, 0.15) is 49.0 Å². The van der Waals surface area contributed by atoms with Gasteiger partial charge in [-0.3, -0.25) is 9.97 Å². The molecule has 0 spiro atoms. The van der Waals surface area contributed by atoms with Gasteiger partial charge in [0, 0.05) is 0 Å². The van der Waals surface area contributed by atoms with Crippen molar-refractivity contribution in [1.82, 2.24) is 9.97 Å². The summed E-state index contributed by atoms with van der Waals surface area (Å²) in [5.41, 5.74) is 4.78. The molecule has 70 valence electrons. The van der Waals surface area contributed by atoms with Crippen molar-refractivity contribution in [3.63, 3.8) is 0 Å². The maximum absolute atomic E-state index is 4.69. The van der Waals surface area contributed by atoms with E-state index in [1.165, 1.54) is 23.5 Å². The van der Waals surface area contributed by atoms with E-state index >= 15 is 0 Å². The molecule has 1 aromatic heterocycles. The van der Waals surface area contributed by atoms with Crippen LogP contribution in [0.2, 0.25) is 0 Å². The maximum Gasteiger partial charge on any atom is 0.0644 e. The highest BCUT2D eigenvalue weighted by Crippen LogP contribution is 2.22. The summed E-state index contributed by atoms with van der Waals surface area (Å²) in [4.78, 5) is 9.30. The largest absolute Gasteiger partial charge is 0.254 e. The second-order valence-electron chi connectivity index (χ2n) is 4.10. The number of hydrogen-bond acceptors (Lipinski definition) is 2. The lowest BCUT2D eigenvalue weighted by atomic mass is 10.1. The van der Waals surface area contributed by atoms with Gasteiger partial charge >= 0.3 is 0 Å². The van der Waals surface area contributed by atoms with Gasteiger partial charge in [-0.05, 0) is 32.1 Å². The van der Waals surface area contributed by atoms with E-state index < -0.39 is 0 Å². The number of aromatic nitrogens is 2. The molecule has 0 N–H and O–H groups in total. The third kappa shape index (κ3) is 1.45. The molecule has 0 fully saturated rings. The molecule has 0 radical (unpaired) electrons. The van der Waals surface area contributed by atoms with Crippen molar-refractivity contribution >= 4 is 0 Å².